The molecule has 3 saturated heterocycles. The van der Waals surface area contributed by atoms with Crippen molar-refractivity contribution in [3.8, 4) is 22.5 Å². The van der Waals surface area contributed by atoms with E-state index in [1.165, 1.54) is 16.3 Å². The lowest BCUT2D eigenvalue weighted by molar-refractivity contribution is -0.155. The Kier molecular flexibility index (Phi) is 13.4. The predicted molar refractivity (Wildman–Crippen MR) is 252 cm³/mol. The summed E-state index contributed by atoms with van der Waals surface area (Å²) in [7, 11) is 7.19. The third kappa shape index (κ3) is 9.10. The Hall–Kier alpha value is -4.68. The Balaban J connectivity index is 1.17. The van der Waals surface area contributed by atoms with Crippen molar-refractivity contribution in [1.29, 1.82) is 0 Å². The number of rotatable bonds is 8. The van der Waals surface area contributed by atoms with Crippen LogP contribution in [0, 0.1) is 11.3 Å². The Morgan fingerprint density at radius 2 is 1.97 bits per heavy atom. The van der Waals surface area contributed by atoms with E-state index in [2.05, 4.69) is 75.9 Å². The van der Waals surface area contributed by atoms with Crippen LogP contribution in [0.4, 0.5) is 4.79 Å². The van der Waals surface area contributed by atoms with Gasteiger partial charge in [-0.15, -0.1) is 11.3 Å². The Morgan fingerprint density at radius 1 is 1.17 bits per heavy atom. The Morgan fingerprint density at radius 3 is 2.66 bits per heavy atom. The maximum absolute atomic E-state index is 14.7. The molecule has 3 N–H and O–H groups in total. The van der Waals surface area contributed by atoms with Crippen molar-refractivity contribution in [2.75, 3.05) is 46.9 Å². The highest BCUT2D eigenvalue weighted by molar-refractivity contribution is 7.10. The van der Waals surface area contributed by atoms with Crippen LogP contribution in [-0.2, 0) is 48.5 Å². The average Bonchev–Trinajstić information content (AvgIpc) is 3.88. The number of hydrazine groups is 1. The zero-order valence-electron chi connectivity index (χ0n) is 39.1. The maximum atomic E-state index is 14.7. The Bertz CT molecular complexity index is 2440. The standard InChI is InChI=1S/C48H64N9O6SSi/c1-9-55-37-16-15-30-23-32(37)33(40(55)31-13-10-20-50-41(31)47(6,65)62-8)25-46(4,5)28-63-44(60)34-14-11-21-57(53-34)43(59)35(24-38-51-36(30)26-64-38)52-42(58)39(29(2)3)54(7)45(61)56-22-18-48(56)17-12-19-49-27-48/h10,13,15-16,20,23,26,29,34-35,39,49,53H,9,11-12,14,17-19,21-22,24-25,27-28H2,1-8H3,(H,52,58)/t34-,35-,39-,47+,48-/m0/s1. The molecule has 15 nitrogen and oxygen atoms in total. The number of aromatic nitrogens is 3. The fourth-order valence-electron chi connectivity index (χ4n) is 10.3. The summed E-state index contributed by atoms with van der Waals surface area (Å²) in [5.74, 6) is -1.50. The summed E-state index contributed by atoms with van der Waals surface area (Å²) in [6.07, 6.45) is 6.35. The third-order valence-electron chi connectivity index (χ3n) is 13.9. The number of hydrogen-bond donors (Lipinski definition) is 3. The first-order valence-corrected chi connectivity index (χ1v) is 24.5. The summed E-state index contributed by atoms with van der Waals surface area (Å²) < 4.78 is 14.4. The second-order valence-electron chi connectivity index (χ2n) is 19.6. The molecule has 1 spiro atoms. The number of hydrogen-bond acceptors (Lipinski definition) is 11. The van der Waals surface area contributed by atoms with Crippen molar-refractivity contribution in [1.82, 2.24) is 45.4 Å². The molecule has 8 rings (SSSR count). The van der Waals surface area contributed by atoms with Crippen LogP contribution in [0.3, 0.4) is 0 Å². The van der Waals surface area contributed by atoms with Gasteiger partial charge >= 0.3 is 12.0 Å². The van der Waals surface area contributed by atoms with Gasteiger partial charge in [0.15, 0.2) is 0 Å². The molecule has 3 fully saturated rings. The van der Waals surface area contributed by atoms with Gasteiger partial charge in [-0.2, -0.15) is 0 Å². The van der Waals surface area contributed by atoms with E-state index in [0.717, 1.165) is 77.0 Å². The molecule has 17 heteroatoms. The largest absolute Gasteiger partial charge is 0.464 e. The van der Waals surface area contributed by atoms with Crippen LogP contribution >= 0.6 is 11.3 Å². The fourth-order valence-corrected chi connectivity index (χ4v) is 11.4. The zero-order chi connectivity index (χ0) is 46.4. The van der Waals surface area contributed by atoms with Gasteiger partial charge in [0.2, 0.25) is 5.91 Å². The highest BCUT2D eigenvalue weighted by Gasteiger charge is 2.50. The summed E-state index contributed by atoms with van der Waals surface area (Å²) in [5.41, 5.74) is 8.91. The molecule has 0 unspecified atom stereocenters. The number of pyridine rings is 1. The summed E-state index contributed by atoms with van der Waals surface area (Å²) in [6.45, 7) is 15.6. The number of piperidine rings is 1. The molecule has 6 bridgehead atoms. The van der Waals surface area contributed by atoms with Gasteiger partial charge in [-0.1, -0.05) is 33.8 Å². The molecule has 4 aliphatic rings. The molecule has 3 aromatic heterocycles. The number of urea groups is 1. The normalized spacial score (nSPS) is 24.0. The van der Waals surface area contributed by atoms with E-state index in [-0.39, 0.29) is 36.4 Å². The second kappa shape index (κ2) is 18.5. The van der Waals surface area contributed by atoms with Crippen molar-refractivity contribution in [2.24, 2.45) is 11.3 Å². The van der Waals surface area contributed by atoms with E-state index in [0.29, 0.717) is 43.9 Å². The quantitative estimate of drug-likeness (QED) is 0.155. The molecule has 4 aliphatic heterocycles. The number of likely N-dealkylation sites (N-methyl/N-ethyl adjacent to an activating group) is 1. The van der Waals surface area contributed by atoms with Gasteiger partial charge in [0.25, 0.3) is 5.91 Å². The van der Waals surface area contributed by atoms with E-state index >= 15 is 0 Å². The number of ether oxygens (including phenoxy) is 2. The number of thiazole rings is 1. The molecule has 5 atom stereocenters. The highest BCUT2D eigenvalue weighted by Crippen LogP contribution is 2.43. The van der Waals surface area contributed by atoms with E-state index in [9.17, 15) is 19.2 Å². The first kappa shape index (κ1) is 46.8. The van der Waals surface area contributed by atoms with Gasteiger partial charge in [-0.3, -0.25) is 24.4 Å². The molecule has 4 amide bonds. The minimum Gasteiger partial charge on any atom is -0.464 e. The SMILES string of the molecule is CCn1c(-c2cccnc2[C@@](C)([Si])OC)c2c3cc(ccc31)-c1csc(n1)C[C@H](NC(=O)[C@H](C(C)C)N(C)C(=O)N1CC[C@]13CCCNC3)C(=O)N1CCC[C@H](N1)C(=O)OCC(C)(C)C2. The number of nitrogens with zero attached hydrogens (tertiary/aromatic N) is 6. The molecule has 4 aromatic rings. The molecular weight excluding hydrogens is 859 g/mol. The van der Waals surface area contributed by atoms with Crippen LogP contribution in [0.1, 0.15) is 89.9 Å². The summed E-state index contributed by atoms with van der Waals surface area (Å²) in [5, 5.41) is 10.8. The monoisotopic (exact) mass is 922 g/mol. The van der Waals surface area contributed by atoms with Gasteiger partial charge in [-0.05, 0) is 94.7 Å². The van der Waals surface area contributed by atoms with Crippen LogP contribution in [0.5, 0.6) is 0 Å². The third-order valence-corrected chi connectivity index (χ3v) is 15.2. The van der Waals surface area contributed by atoms with Gasteiger partial charge in [0.05, 0.1) is 49.7 Å². The van der Waals surface area contributed by atoms with Crippen molar-refractivity contribution >= 4 is 56.3 Å². The molecular formula is C48H64N9O6SSi. The number of cyclic esters (lactones) is 1. The van der Waals surface area contributed by atoms with Crippen LogP contribution in [0.25, 0.3) is 33.4 Å². The predicted octanol–water partition coefficient (Wildman–Crippen LogP) is 5.39. The maximum Gasteiger partial charge on any atom is 0.324 e. The number of aryl methyl sites for hydroxylation is 1. The van der Waals surface area contributed by atoms with Crippen LogP contribution < -0.4 is 16.1 Å². The van der Waals surface area contributed by atoms with E-state index in [4.69, 9.17) is 19.4 Å². The molecule has 0 aliphatic carbocycles. The molecule has 1 aromatic carbocycles. The first-order valence-electron chi connectivity index (χ1n) is 23.1. The van der Waals surface area contributed by atoms with Crippen LogP contribution in [0.15, 0.2) is 41.9 Å². The van der Waals surface area contributed by atoms with Crippen molar-refractivity contribution in [2.45, 2.75) is 122 Å². The molecule has 0 saturated carbocycles. The van der Waals surface area contributed by atoms with Gasteiger partial charge in [0.1, 0.15) is 18.1 Å². The number of methoxy groups -OCH3 is 1. The molecule has 347 valence electrons. The molecule has 7 heterocycles. The van der Waals surface area contributed by atoms with E-state index < -0.39 is 40.6 Å². The molecule has 65 heavy (non-hydrogen) atoms. The number of benzene rings is 1. The lowest BCUT2D eigenvalue weighted by Gasteiger charge is -2.56. The minimum atomic E-state index is -1.04. The van der Waals surface area contributed by atoms with Gasteiger partial charge < -0.3 is 34.5 Å². The average molecular weight is 923 g/mol. The van der Waals surface area contributed by atoms with Crippen molar-refractivity contribution in [3.05, 3.63) is 58.2 Å². The van der Waals surface area contributed by atoms with Gasteiger partial charge in [0, 0.05) is 85.8 Å². The van der Waals surface area contributed by atoms with E-state index in [1.807, 2.05) is 37.1 Å². The van der Waals surface area contributed by atoms with E-state index in [1.54, 1.807) is 25.3 Å². The van der Waals surface area contributed by atoms with Crippen LogP contribution in [0.2, 0.25) is 0 Å². The van der Waals surface area contributed by atoms with Crippen molar-refractivity contribution < 1.29 is 28.7 Å². The number of carbonyl (C=O) groups excluding carboxylic acids is 4. The smallest absolute Gasteiger partial charge is 0.324 e. The Labute approximate surface area is 389 Å². The fraction of sp³-hybridized carbons (Fsp3) is 0.583. The summed E-state index contributed by atoms with van der Waals surface area (Å²) >= 11 is 1.43. The number of nitrogens with one attached hydrogen (secondary N) is 3. The second-order valence-corrected chi connectivity index (χ2v) is 21.5. The lowest BCUT2D eigenvalue weighted by atomic mass is 9.78. The number of esters is 1. The summed E-state index contributed by atoms with van der Waals surface area (Å²) in [4.78, 5) is 70.6. The van der Waals surface area contributed by atoms with Gasteiger partial charge in [-0.25, -0.2) is 15.2 Å². The minimum absolute atomic E-state index is 0.110. The number of fused-ring (bicyclic) bond motifs is 6. The topological polar surface area (TPSA) is 163 Å². The number of likely N-dealkylation sites (tertiary alicyclic amines) is 1. The van der Waals surface area contributed by atoms with Crippen LogP contribution in [-0.4, -0.2) is 134 Å². The summed E-state index contributed by atoms with van der Waals surface area (Å²) in [6, 6.07) is 7.58. The van der Waals surface area contributed by atoms with Crippen molar-refractivity contribution in [3.63, 3.8) is 0 Å². The number of carbonyl (C=O) groups is 4. The molecule has 3 radical (unpaired) electrons. The number of amides is 4. The lowest BCUT2D eigenvalue weighted by Crippen LogP contribution is -2.71. The highest BCUT2D eigenvalue weighted by atomic mass is 32.1. The first-order chi connectivity index (χ1) is 31.0. The zero-order valence-corrected chi connectivity index (χ0v) is 40.9.